The number of nitrogens with zero attached hydrogens (tertiary/aromatic N) is 1. The van der Waals surface area contributed by atoms with Gasteiger partial charge in [0.25, 0.3) is 5.91 Å². The van der Waals surface area contributed by atoms with Crippen molar-refractivity contribution in [2.75, 3.05) is 7.05 Å². The van der Waals surface area contributed by atoms with E-state index in [4.69, 9.17) is 9.15 Å². The highest BCUT2D eigenvalue weighted by Gasteiger charge is 2.33. The van der Waals surface area contributed by atoms with Crippen molar-refractivity contribution in [1.82, 2.24) is 4.90 Å². The van der Waals surface area contributed by atoms with Crippen LogP contribution in [0.3, 0.4) is 0 Å². The van der Waals surface area contributed by atoms with Crippen LogP contribution in [0.2, 0.25) is 0 Å². The lowest BCUT2D eigenvalue weighted by Crippen LogP contribution is -2.23. The van der Waals surface area contributed by atoms with Crippen molar-refractivity contribution in [1.29, 1.82) is 0 Å². The first-order valence-electron chi connectivity index (χ1n) is 3.93. The van der Waals surface area contributed by atoms with Crippen LogP contribution in [0.4, 0.5) is 4.79 Å². The average molecular weight is 193 g/mol. The van der Waals surface area contributed by atoms with Crippen LogP contribution in [0.15, 0.2) is 28.6 Å². The lowest BCUT2D eigenvalue weighted by molar-refractivity contribution is -0.122. The molecule has 0 aliphatic carbocycles. The van der Waals surface area contributed by atoms with E-state index in [1.807, 2.05) is 0 Å². The van der Waals surface area contributed by atoms with E-state index in [0.717, 1.165) is 4.90 Å². The van der Waals surface area contributed by atoms with Gasteiger partial charge in [0, 0.05) is 13.1 Å². The summed E-state index contributed by atoms with van der Waals surface area (Å²) >= 11 is 0. The highest BCUT2D eigenvalue weighted by molar-refractivity contribution is 6.09. The minimum Gasteiger partial charge on any atom is -0.465 e. The maximum Gasteiger partial charge on any atom is 0.422 e. The van der Waals surface area contributed by atoms with Crippen LogP contribution in [0.1, 0.15) is 5.76 Å². The molecule has 1 fully saturated rings. The van der Waals surface area contributed by atoms with Gasteiger partial charge in [-0.05, 0) is 12.1 Å². The summed E-state index contributed by atoms with van der Waals surface area (Å²) in [6, 6.07) is 3.34. The van der Waals surface area contributed by atoms with Gasteiger partial charge in [-0.3, -0.25) is 4.79 Å². The van der Waals surface area contributed by atoms with Gasteiger partial charge >= 0.3 is 6.09 Å². The number of imide groups is 1. The zero-order chi connectivity index (χ0) is 10.1. The Bertz CT molecular complexity index is 404. The quantitative estimate of drug-likeness (QED) is 0.629. The molecule has 1 aliphatic heterocycles. The predicted molar refractivity (Wildman–Crippen MR) is 45.9 cm³/mol. The van der Waals surface area contributed by atoms with Gasteiger partial charge in [-0.15, -0.1) is 0 Å². The Labute approximate surface area is 79.6 Å². The molecule has 5 nitrogen and oxygen atoms in total. The first-order chi connectivity index (χ1) is 6.68. The van der Waals surface area contributed by atoms with Crippen molar-refractivity contribution in [2.45, 2.75) is 0 Å². The number of carbonyl (C=O) groups excluding carboxylic acids is 2. The first kappa shape index (κ1) is 8.55. The van der Waals surface area contributed by atoms with Crippen molar-refractivity contribution in [3.05, 3.63) is 29.9 Å². The molecule has 2 amide bonds. The Morgan fingerprint density at radius 1 is 1.43 bits per heavy atom. The van der Waals surface area contributed by atoms with Crippen molar-refractivity contribution in [3.8, 4) is 0 Å². The van der Waals surface area contributed by atoms with E-state index in [1.165, 1.54) is 19.4 Å². The lowest BCUT2D eigenvalue weighted by Gasteiger charge is -1.96. The third kappa shape index (κ3) is 1.28. The van der Waals surface area contributed by atoms with Gasteiger partial charge in [-0.1, -0.05) is 0 Å². The molecule has 0 radical (unpaired) electrons. The van der Waals surface area contributed by atoms with E-state index in [9.17, 15) is 9.59 Å². The summed E-state index contributed by atoms with van der Waals surface area (Å²) in [6.45, 7) is 0. The molecule has 1 aromatic heterocycles. The fraction of sp³-hybridized carbons (Fsp3) is 0.111. The Hall–Kier alpha value is -2.04. The van der Waals surface area contributed by atoms with Crippen LogP contribution in [-0.2, 0) is 9.53 Å². The van der Waals surface area contributed by atoms with Gasteiger partial charge in [0.1, 0.15) is 5.76 Å². The van der Waals surface area contributed by atoms with Crippen LogP contribution in [0.25, 0.3) is 6.08 Å². The third-order valence-corrected chi connectivity index (χ3v) is 1.80. The summed E-state index contributed by atoms with van der Waals surface area (Å²) in [7, 11) is 1.35. The van der Waals surface area contributed by atoms with E-state index < -0.39 is 12.0 Å². The second-order valence-corrected chi connectivity index (χ2v) is 2.76. The summed E-state index contributed by atoms with van der Waals surface area (Å²) in [4.78, 5) is 23.1. The van der Waals surface area contributed by atoms with Gasteiger partial charge in [-0.2, -0.15) is 0 Å². The van der Waals surface area contributed by atoms with Crippen molar-refractivity contribution in [3.63, 3.8) is 0 Å². The number of rotatable bonds is 1. The molecule has 0 bridgehead atoms. The van der Waals surface area contributed by atoms with Crippen LogP contribution in [0, 0.1) is 0 Å². The average Bonchev–Trinajstić information content (AvgIpc) is 2.73. The van der Waals surface area contributed by atoms with E-state index in [0.29, 0.717) is 5.76 Å². The predicted octanol–water partition coefficient (Wildman–Crippen LogP) is 1.23. The molecular weight excluding hydrogens is 186 g/mol. The highest BCUT2D eigenvalue weighted by Crippen LogP contribution is 2.17. The molecule has 72 valence electrons. The minimum atomic E-state index is -0.673. The second kappa shape index (κ2) is 3.02. The van der Waals surface area contributed by atoms with E-state index in [2.05, 4.69) is 0 Å². The summed E-state index contributed by atoms with van der Waals surface area (Å²) in [5.74, 6) is -0.0182. The molecule has 1 aromatic rings. The Kier molecular flexibility index (Phi) is 1.85. The number of hydrogen-bond acceptors (Lipinski definition) is 4. The molecule has 2 rings (SSSR count). The molecule has 0 spiro atoms. The number of hydrogen-bond donors (Lipinski definition) is 0. The standard InChI is InChI=1S/C9H7NO4/c1-10-8(11)7(14-9(10)12)5-6-3-2-4-13-6/h2-5H,1H3. The summed E-state index contributed by atoms with van der Waals surface area (Å²) in [5.41, 5.74) is 0. The van der Waals surface area contributed by atoms with Crippen LogP contribution in [-0.4, -0.2) is 23.9 Å². The van der Waals surface area contributed by atoms with Gasteiger partial charge in [0.05, 0.1) is 6.26 Å². The number of likely N-dealkylation sites (N-methyl/N-ethyl adjacent to an activating group) is 1. The second-order valence-electron chi connectivity index (χ2n) is 2.76. The number of carbonyl (C=O) groups is 2. The van der Waals surface area contributed by atoms with E-state index in [-0.39, 0.29) is 5.76 Å². The van der Waals surface area contributed by atoms with Gasteiger partial charge in [0.2, 0.25) is 5.76 Å². The topological polar surface area (TPSA) is 59.8 Å². The molecule has 1 saturated heterocycles. The molecule has 5 heteroatoms. The first-order valence-corrected chi connectivity index (χ1v) is 3.93. The molecule has 2 heterocycles. The third-order valence-electron chi connectivity index (χ3n) is 1.80. The number of cyclic esters (lactones) is 1. The molecule has 0 aromatic carbocycles. The maximum atomic E-state index is 11.3. The van der Waals surface area contributed by atoms with Crippen molar-refractivity contribution < 1.29 is 18.7 Å². The van der Waals surface area contributed by atoms with Crippen molar-refractivity contribution >= 4 is 18.1 Å². The summed E-state index contributed by atoms with van der Waals surface area (Å²) in [5, 5.41) is 0. The molecule has 0 saturated carbocycles. The number of ether oxygens (including phenoxy) is 1. The largest absolute Gasteiger partial charge is 0.465 e. The summed E-state index contributed by atoms with van der Waals surface area (Å²) < 4.78 is 9.67. The minimum absolute atomic E-state index is 0.0209. The summed E-state index contributed by atoms with van der Waals surface area (Å²) in [6.07, 6.45) is 2.17. The highest BCUT2D eigenvalue weighted by atomic mass is 16.6. The maximum absolute atomic E-state index is 11.3. The molecule has 14 heavy (non-hydrogen) atoms. The van der Waals surface area contributed by atoms with Crippen LogP contribution in [0.5, 0.6) is 0 Å². The molecule has 0 N–H and O–H groups in total. The molecule has 0 unspecified atom stereocenters. The Morgan fingerprint density at radius 3 is 2.71 bits per heavy atom. The monoisotopic (exact) mass is 193 g/mol. The number of furan rings is 1. The number of amides is 2. The zero-order valence-electron chi connectivity index (χ0n) is 7.39. The zero-order valence-corrected chi connectivity index (χ0v) is 7.39. The molecule has 0 atom stereocenters. The fourth-order valence-electron chi connectivity index (χ4n) is 1.05. The molecule has 1 aliphatic rings. The lowest BCUT2D eigenvalue weighted by atomic mass is 10.3. The molecular formula is C9H7NO4. The van der Waals surface area contributed by atoms with E-state index in [1.54, 1.807) is 12.1 Å². The van der Waals surface area contributed by atoms with Crippen molar-refractivity contribution in [2.24, 2.45) is 0 Å². The van der Waals surface area contributed by atoms with E-state index >= 15 is 0 Å². The SMILES string of the molecule is CN1C(=O)OC(=Cc2ccco2)C1=O. The van der Waals surface area contributed by atoms with Crippen LogP contribution < -0.4 is 0 Å². The fourth-order valence-corrected chi connectivity index (χ4v) is 1.05. The normalized spacial score (nSPS) is 19.2. The van der Waals surface area contributed by atoms with Crippen LogP contribution >= 0.6 is 0 Å². The Morgan fingerprint density at radius 2 is 2.21 bits per heavy atom. The van der Waals surface area contributed by atoms with Gasteiger partial charge in [-0.25, -0.2) is 9.69 Å². The van der Waals surface area contributed by atoms with Gasteiger partial charge in [0.15, 0.2) is 0 Å². The van der Waals surface area contributed by atoms with Gasteiger partial charge < -0.3 is 9.15 Å². The Balaban J connectivity index is 2.29. The smallest absolute Gasteiger partial charge is 0.422 e.